The smallest absolute Gasteiger partial charge is 0.0809 e. The van der Waals surface area contributed by atoms with E-state index in [9.17, 15) is 0 Å². The predicted molar refractivity (Wildman–Crippen MR) is 60.5 cm³/mol. The van der Waals surface area contributed by atoms with Gasteiger partial charge in [0.25, 0.3) is 0 Å². The first-order chi connectivity index (χ1) is 6.73. The Balaban J connectivity index is 2.57. The molecule has 0 aromatic rings. The normalized spacial score (nSPS) is 29.9. The molecule has 0 amide bonds. The van der Waals surface area contributed by atoms with E-state index >= 15 is 0 Å². The van der Waals surface area contributed by atoms with Crippen LogP contribution in [0.5, 0.6) is 0 Å². The lowest BCUT2D eigenvalue weighted by molar-refractivity contribution is -0.0876. The van der Waals surface area contributed by atoms with Crippen LogP contribution in [0.15, 0.2) is 12.7 Å². The van der Waals surface area contributed by atoms with Gasteiger partial charge in [-0.1, -0.05) is 13.0 Å². The van der Waals surface area contributed by atoms with Crippen molar-refractivity contribution < 1.29 is 4.74 Å². The van der Waals surface area contributed by atoms with Gasteiger partial charge in [0.05, 0.1) is 5.60 Å². The molecule has 1 saturated heterocycles. The van der Waals surface area contributed by atoms with Crippen molar-refractivity contribution in [3.05, 3.63) is 12.7 Å². The summed E-state index contributed by atoms with van der Waals surface area (Å²) in [6, 6.07) is 0.422. The fourth-order valence-electron chi connectivity index (χ4n) is 2.19. The summed E-state index contributed by atoms with van der Waals surface area (Å²) in [5.41, 5.74) is 0.0163. The van der Waals surface area contributed by atoms with Crippen molar-refractivity contribution in [2.75, 3.05) is 13.2 Å². The van der Waals surface area contributed by atoms with Crippen LogP contribution in [0.25, 0.3) is 0 Å². The highest BCUT2D eigenvalue weighted by atomic mass is 16.5. The van der Waals surface area contributed by atoms with Crippen LogP contribution in [-0.4, -0.2) is 24.8 Å². The summed E-state index contributed by atoms with van der Waals surface area (Å²) >= 11 is 0. The Morgan fingerprint density at radius 3 is 2.86 bits per heavy atom. The standard InChI is InChI=1S/C12H23NO/c1-4-8-11(13-5-2)12(3)9-6-7-10-14-12/h4,11,13H,1,5-10H2,2-3H3. The first kappa shape index (κ1) is 11.7. The number of rotatable bonds is 5. The van der Waals surface area contributed by atoms with Gasteiger partial charge in [0.15, 0.2) is 0 Å². The molecule has 0 radical (unpaired) electrons. The van der Waals surface area contributed by atoms with E-state index < -0.39 is 0 Å². The number of nitrogens with one attached hydrogen (secondary N) is 1. The molecule has 2 atom stereocenters. The third-order valence-corrected chi connectivity index (χ3v) is 3.09. The minimum atomic E-state index is 0.0163. The van der Waals surface area contributed by atoms with Gasteiger partial charge >= 0.3 is 0 Å². The van der Waals surface area contributed by atoms with E-state index in [1.165, 1.54) is 19.3 Å². The third-order valence-electron chi connectivity index (χ3n) is 3.09. The lowest BCUT2D eigenvalue weighted by Gasteiger charge is -2.40. The van der Waals surface area contributed by atoms with Gasteiger partial charge in [0.1, 0.15) is 0 Å². The van der Waals surface area contributed by atoms with Gasteiger partial charge in [-0.3, -0.25) is 0 Å². The molecular weight excluding hydrogens is 174 g/mol. The molecule has 1 fully saturated rings. The zero-order valence-corrected chi connectivity index (χ0v) is 9.51. The molecule has 2 heteroatoms. The molecule has 1 aliphatic rings. The molecular formula is C12H23NO. The maximum atomic E-state index is 5.92. The Labute approximate surface area is 87.7 Å². The zero-order chi connectivity index (χ0) is 10.4. The largest absolute Gasteiger partial charge is 0.374 e. The highest BCUT2D eigenvalue weighted by molar-refractivity contribution is 4.94. The molecule has 14 heavy (non-hydrogen) atoms. The van der Waals surface area contributed by atoms with Crippen molar-refractivity contribution >= 4 is 0 Å². The van der Waals surface area contributed by atoms with Crippen LogP contribution < -0.4 is 5.32 Å². The van der Waals surface area contributed by atoms with E-state index in [4.69, 9.17) is 4.74 Å². The van der Waals surface area contributed by atoms with Gasteiger partial charge in [-0.25, -0.2) is 0 Å². The second kappa shape index (κ2) is 5.52. The summed E-state index contributed by atoms with van der Waals surface area (Å²) in [5, 5.41) is 3.50. The fourth-order valence-corrected chi connectivity index (χ4v) is 2.19. The van der Waals surface area contributed by atoms with Gasteiger partial charge in [0.2, 0.25) is 0 Å². The van der Waals surface area contributed by atoms with Crippen molar-refractivity contribution in [1.29, 1.82) is 0 Å². The van der Waals surface area contributed by atoms with Crippen LogP contribution in [0.2, 0.25) is 0 Å². The SMILES string of the molecule is C=CCC(NCC)C1(C)CCCCO1. The summed E-state index contributed by atoms with van der Waals surface area (Å²) in [6.45, 7) is 10.1. The topological polar surface area (TPSA) is 21.3 Å². The Morgan fingerprint density at radius 1 is 1.57 bits per heavy atom. The average molecular weight is 197 g/mol. The number of hydrogen-bond acceptors (Lipinski definition) is 2. The Hall–Kier alpha value is -0.340. The van der Waals surface area contributed by atoms with E-state index in [-0.39, 0.29) is 5.60 Å². The molecule has 0 aromatic carbocycles. The van der Waals surface area contributed by atoms with Gasteiger partial charge in [-0.15, -0.1) is 6.58 Å². The summed E-state index contributed by atoms with van der Waals surface area (Å²) < 4.78 is 5.92. The van der Waals surface area contributed by atoms with Crippen molar-refractivity contribution in [2.45, 2.75) is 51.2 Å². The van der Waals surface area contributed by atoms with E-state index in [0.29, 0.717) is 6.04 Å². The second-order valence-electron chi connectivity index (χ2n) is 4.25. The van der Waals surface area contributed by atoms with E-state index in [1.807, 2.05) is 6.08 Å². The minimum Gasteiger partial charge on any atom is -0.374 e. The van der Waals surface area contributed by atoms with E-state index in [1.54, 1.807) is 0 Å². The average Bonchev–Trinajstić information content (AvgIpc) is 2.19. The highest BCUT2D eigenvalue weighted by Gasteiger charge is 2.35. The molecule has 0 bridgehead atoms. The molecule has 2 nitrogen and oxygen atoms in total. The van der Waals surface area contributed by atoms with Gasteiger partial charge < -0.3 is 10.1 Å². The van der Waals surface area contributed by atoms with Crippen LogP contribution in [-0.2, 0) is 4.74 Å². The number of ether oxygens (including phenoxy) is 1. The molecule has 2 unspecified atom stereocenters. The number of hydrogen-bond donors (Lipinski definition) is 1. The van der Waals surface area contributed by atoms with Crippen LogP contribution >= 0.6 is 0 Å². The Kier molecular flexibility index (Phi) is 4.63. The quantitative estimate of drug-likeness (QED) is 0.684. The summed E-state index contributed by atoms with van der Waals surface area (Å²) in [6.07, 6.45) is 6.64. The second-order valence-corrected chi connectivity index (χ2v) is 4.25. The molecule has 1 rings (SSSR count). The first-order valence-electron chi connectivity index (χ1n) is 5.71. The Bertz CT molecular complexity index is 173. The Morgan fingerprint density at radius 2 is 2.36 bits per heavy atom. The van der Waals surface area contributed by atoms with Crippen molar-refractivity contribution in [3.8, 4) is 0 Å². The van der Waals surface area contributed by atoms with E-state index in [2.05, 4.69) is 25.7 Å². The monoisotopic (exact) mass is 197 g/mol. The fraction of sp³-hybridized carbons (Fsp3) is 0.833. The first-order valence-corrected chi connectivity index (χ1v) is 5.71. The van der Waals surface area contributed by atoms with E-state index in [0.717, 1.165) is 19.6 Å². The number of likely N-dealkylation sites (N-methyl/N-ethyl adjacent to an activating group) is 1. The summed E-state index contributed by atoms with van der Waals surface area (Å²) in [7, 11) is 0. The van der Waals surface area contributed by atoms with Crippen LogP contribution in [0, 0.1) is 0 Å². The molecule has 1 heterocycles. The lowest BCUT2D eigenvalue weighted by atomic mass is 9.86. The van der Waals surface area contributed by atoms with Gasteiger partial charge in [-0.05, 0) is 39.2 Å². The molecule has 82 valence electrons. The minimum absolute atomic E-state index is 0.0163. The van der Waals surface area contributed by atoms with Crippen molar-refractivity contribution in [3.63, 3.8) is 0 Å². The molecule has 1 aliphatic heterocycles. The molecule has 0 aliphatic carbocycles. The third kappa shape index (κ3) is 2.82. The summed E-state index contributed by atoms with van der Waals surface area (Å²) in [4.78, 5) is 0. The van der Waals surface area contributed by atoms with Gasteiger partial charge in [0, 0.05) is 12.6 Å². The molecule has 0 saturated carbocycles. The van der Waals surface area contributed by atoms with Crippen LogP contribution in [0.4, 0.5) is 0 Å². The highest BCUT2D eigenvalue weighted by Crippen LogP contribution is 2.29. The molecule has 0 spiro atoms. The maximum absolute atomic E-state index is 5.92. The van der Waals surface area contributed by atoms with Crippen molar-refractivity contribution in [2.24, 2.45) is 0 Å². The zero-order valence-electron chi connectivity index (χ0n) is 9.51. The van der Waals surface area contributed by atoms with Crippen molar-refractivity contribution in [1.82, 2.24) is 5.32 Å². The lowest BCUT2D eigenvalue weighted by Crippen LogP contribution is -2.51. The molecule has 0 aromatic heterocycles. The predicted octanol–water partition coefficient (Wildman–Crippen LogP) is 2.50. The maximum Gasteiger partial charge on any atom is 0.0809 e. The molecule has 1 N–H and O–H groups in total. The van der Waals surface area contributed by atoms with Crippen LogP contribution in [0.3, 0.4) is 0 Å². The van der Waals surface area contributed by atoms with Gasteiger partial charge in [-0.2, -0.15) is 0 Å². The van der Waals surface area contributed by atoms with Crippen LogP contribution in [0.1, 0.15) is 39.5 Å². The summed E-state index contributed by atoms with van der Waals surface area (Å²) in [5.74, 6) is 0.